The summed E-state index contributed by atoms with van der Waals surface area (Å²) in [6.45, 7) is 6.87. The second kappa shape index (κ2) is 7.29. The first kappa shape index (κ1) is 15.7. The van der Waals surface area contributed by atoms with Crippen molar-refractivity contribution in [3.05, 3.63) is 33.8 Å². The smallest absolute Gasteiger partial charge is 0.254 e. The first-order chi connectivity index (χ1) is 8.49. The van der Waals surface area contributed by atoms with Crippen LogP contribution in [-0.4, -0.2) is 28.7 Å². The quantitative estimate of drug-likeness (QED) is 0.697. The minimum atomic E-state index is 0.116. The van der Waals surface area contributed by atoms with Crippen LogP contribution < -0.4 is 0 Å². The van der Waals surface area contributed by atoms with E-state index in [1.54, 1.807) is 0 Å². The molecule has 1 aromatic rings. The molecule has 0 bridgehead atoms. The molecule has 0 N–H and O–H groups in total. The number of nitrogens with zero attached hydrogens (tertiary/aromatic N) is 1. The summed E-state index contributed by atoms with van der Waals surface area (Å²) in [4.78, 5) is 14.5. The number of alkyl halides is 1. The Morgan fingerprint density at radius 1 is 1.39 bits per heavy atom. The van der Waals surface area contributed by atoms with Crippen LogP contribution in [0.25, 0.3) is 0 Å². The van der Waals surface area contributed by atoms with Crippen LogP contribution in [0.15, 0.2) is 22.7 Å². The van der Waals surface area contributed by atoms with E-state index >= 15 is 0 Å². The van der Waals surface area contributed by atoms with Crippen molar-refractivity contribution in [3.8, 4) is 0 Å². The molecule has 0 atom stereocenters. The molecular formula is C14H19Br2NO. The standard InChI is InChI=1S/C14H19Br2NO/c1-10(2)17(9-5-8-15)14(18)12-6-4-7-13(16)11(12)3/h4,6-7,10H,5,8-9H2,1-3H3. The van der Waals surface area contributed by atoms with Gasteiger partial charge in [0.25, 0.3) is 5.91 Å². The summed E-state index contributed by atoms with van der Waals surface area (Å²) in [7, 11) is 0. The maximum absolute atomic E-state index is 12.6. The van der Waals surface area contributed by atoms with Gasteiger partial charge >= 0.3 is 0 Å². The van der Waals surface area contributed by atoms with Gasteiger partial charge in [-0.3, -0.25) is 4.79 Å². The van der Waals surface area contributed by atoms with Gasteiger partial charge in [0.1, 0.15) is 0 Å². The first-order valence-electron chi connectivity index (χ1n) is 6.11. The van der Waals surface area contributed by atoms with Crippen LogP contribution in [0.4, 0.5) is 0 Å². The normalized spacial score (nSPS) is 10.8. The van der Waals surface area contributed by atoms with Crippen molar-refractivity contribution in [1.82, 2.24) is 4.90 Å². The summed E-state index contributed by atoms with van der Waals surface area (Å²) in [5.74, 6) is 0.116. The molecule has 1 aromatic carbocycles. The largest absolute Gasteiger partial charge is 0.336 e. The van der Waals surface area contributed by atoms with Crippen molar-refractivity contribution < 1.29 is 4.79 Å². The average Bonchev–Trinajstić information content (AvgIpc) is 2.32. The minimum absolute atomic E-state index is 0.116. The molecule has 0 aromatic heterocycles. The fraction of sp³-hybridized carbons (Fsp3) is 0.500. The van der Waals surface area contributed by atoms with Crippen molar-refractivity contribution in [3.63, 3.8) is 0 Å². The number of halogens is 2. The summed E-state index contributed by atoms with van der Waals surface area (Å²) in [6, 6.07) is 5.98. The van der Waals surface area contributed by atoms with Gasteiger partial charge in [0.2, 0.25) is 0 Å². The second-order valence-corrected chi connectivity index (χ2v) is 6.19. The van der Waals surface area contributed by atoms with E-state index in [9.17, 15) is 4.79 Å². The van der Waals surface area contributed by atoms with Crippen LogP contribution in [-0.2, 0) is 0 Å². The molecule has 0 radical (unpaired) electrons. The molecule has 4 heteroatoms. The predicted molar refractivity (Wildman–Crippen MR) is 83.5 cm³/mol. The van der Waals surface area contributed by atoms with E-state index in [1.165, 1.54) is 0 Å². The maximum Gasteiger partial charge on any atom is 0.254 e. The average molecular weight is 377 g/mol. The van der Waals surface area contributed by atoms with Crippen LogP contribution in [0.1, 0.15) is 36.2 Å². The van der Waals surface area contributed by atoms with Gasteiger partial charge in [0, 0.05) is 28.0 Å². The molecule has 1 amide bonds. The topological polar surface area (TPSA) is 20.3 Å². The van der Waals surface area contributed by atoms with Crippen LogP contribution in [0.5, 0.6) is 0 Å². The lowest BCUT2D eigenvalue weighted by Crippen LogP contribution is -2.38. The van der Waals surface area contributed by atoms with Crippen molar-refractivity contribution in [1.29, 1.82) is 0 Å². The van der Waals surface area contributed by atoms with Crippen LogP contribution in [0.3, 0.4) is 0 Å². The fourth-order valence-corrected chi connectivity index (χ4v) is 2.44. The van der Waals surface area contributed by atoms with Crippen LogP contribution in [0, 0.1) is 6.92 Å². The minimum Gasteiger partial charge on any atom is -0.336 e. The number of hydrogen-bond acceptors (Lipinski definition) is 1. The highest BCUT2D eigenvalue weighted by Gasteiger charge is 2.20. The zero-order valence-electron chi connectivity index (χ0n) is 11.0. The van der Waals surface area contributed by atoms with Gasteiger partial charge in [-0.2, -0.15) is 0 Å². The number of hydrogen-bond donors (Lipinski definition) is 0. The summed E-state index contributed by atoms with van der Waals surface area (Å²) in [5, 5.41) is 0.918. The van der Waals surface area contributed by atoms with Gasteiger partial charge in [-0.15, -0.1) is 0 Å². The molecule has 0 saturated carbocycles. The number of rotatable bonds is 5. The van der Waals surface area contributed by atoms with E-state index in [0.717, 1.165) is 33.9 Å². The van der Waals surface area contributed by atoms with E-state index in [4.69, 9.17) is 0 Å². The molecule has 2 nitrogen and oxygen atoms in total. The van der Waals surface area contributed by atoms with Gasteiger partial charge < -0.3 is 4.90 Å². The molecule has 0 saturated heterocycles. The fourth-order valence-electron chi connectivity index (χ4n) is 1.82. The third-order valence-electron chi connectivity index (χ3n) is 2.91. The van der Waals surface area contributed by atoms with E-state index in [0.29, 0.717) is 0 Å². The van der Waals surface area contributed by atoms with Crippen LogP contribution >= 0.6 is 31.9 Å². The molecule has 0 spiro atoms. The molecule has 1 rings (SSSR count). The zero-order valence-corrected chi connectivity index (χ0v) is 14.2. The molecule has 0 heterocycles. The Kier molecular flexibility index (Phi) is 6.36. The molecule has 0 aliphatic carbocycles. The van der Waals surface area contributed by atoms with Gasteiger partial charge in [0.15, 0.2) is 0 Å². The van der Waals surface area contributed by atoms with E-state index < -0.39 is 0 Å². The van der Waals surface area contributed by atoms with E-state index in [2.05, 4.69) is 45.7 Å². The van der Waals surface area contributed by atoms with Gasteiger partial charge in [-0.1, -0.05) is 37.9 Å². The lowest BCUT2D eigenvalue weighted by Gasteiger charge is -2.27. The monoisotopic (exact) mass is 375 g/mol. The van der Waals surface area contributed by atoms with Crippen molar-refractivity contribution in [2.45, 2.75) is 33.2 Å². The lowest BCUT2D eigenvalue weighted by molar-refractivity contribution is 0.0706. The van der Waals surface area contributed by atoms with Gasteiger partial charge in [-0.05, 0) is 44.9 Å². The summed E-state index contributed by atoms with van der Waals surface area (Å²) in [6.07, 6.45) is 0.969. The highest BCUT2D eigenvalue weighted by Crippen LogP contribution is 2.21. The Labute approximate surface area is 126 Å². The first-order valence-corrected chi connectivity index (χ1v) is 8.02. The SMILES string of the molecule is Cc1c(Br)cccc1C(=O)N(CCCBr)C(C)C. The molecule has 0 aliphatic rings. The van der Waals surface area contributed by atoms with Crippen LogP contribution in [0.2, 0.25) is 0 Å². The molecule has 0 unspecified atom stereocenters. The third-order valence-corrected chi connectivity index (χ3v) is 4.33. The molecule has 0 aliphatic heterocycles. The Morgan fingerprint density at radius 3 is 2.61 bits per heavy atom. The number of carbonyl (C=O) groups is 1. The maximum atomic E-state index is 12.6. The zero-order chi connectivity index (χ0) is 13.7. The van der Waals surface area contributed by atoms with Crippen molar-refractivity contribution in [2.75, 3.05) is 11.9 Å². The predicted octanol–water partition coefficient (Wildman–Crippen LogP) is 4.39. The summed E-state index contributed by atoms with van der Waals surface area (Å²) >= 11 is 6.89. The van der Waals surface area contributed by atoms with Gasteiger partial charge in [-0.25, -0.2) is 0 Å². The summed E-state index contributed by atoms with van der Waals surface area (Å²) in [5.41, 5.74) is 1.79. The van der Waals surface area contributed by atoms with Gasteiger partial charge in [0.05, 0.1) is 0 Å². The summed E-state index contributed by atoms with van der Waals surface area (Å²) < 4.78 is 0.984. The van der Waals surface area contributed by atoms with Crippen molar-refractivity contribution in [2.24, 2.45) is 0 Å². The Morgan fingerprint density at radius 2 is 2.06 bits per heavy atom. The highest BCUT2D eigenvalue weighted by molar-refractivity contribution is 9.10. The van der Waals surface area contributed by atoms with Crippen molar-refractivity contribution >= 4 is 37.8 Å². The highest BCUT2D eigenvalue weighted by atomic mass is 79.9. The second-order valence-electron chi connectivity index (χ2n) is 4.55. The Hall–Kier alpha value is -0.350. The molecular weight excluding hydrogens is 358 g/mol. The lowest BCUT2D eigenvalue weighted by atomic mass is 10.1. The number of carbonyl (C=O) groups excluding carboxylic acids is 1. The third kappa shape index (κ3) is 3.82. The molecule has 18 heavy (non-hydrogen) atoms. The van der Waals surface area contributed by atoms with E-state index in [-0.39, 0.29) is 11.9 Å². The van der Waals surface area contributed by atoms with E-state index in [1.807, 2.05) is 30.0 Å². The molecule has 100 valence electrons. The Balaban J connectivity index is 2.98. The molecule has 0 fully saturated rings. The number of benzene rings is 1. The Bertz CT molecular complexity index is 418. The number of amides is 1.